The molecule has 1 N–H and O–H groups in total. The van der Waals surface area contributed by atoms with Gasteiger partial charge in [-0.2, -0.15) is 0 Å². The van der Waals surface area contributed by atoms with Crippen LogP contribution in [0.15, 0.2) is 16.6 Å². The number of benzene rings is 1. The molecule has 3 heteroatoms. The Bertz CT molecular complexity index is 387. The maximum atomic E-state index is 11.7. The van der Waals surface area contributed by atoms with Gasteiger partial charge in [-0.15, -0.1) is 0 Å². The molecule has 1 aromatic carbocycles. The number of hydrogen-bond acceptors (Lipinski definition) is 2. The summed E-state index contributed by atoms with van der Waals surface area (Å²) in [6, 6.07) is 3.99. The lowest BCUT2D eigenvalue weighted by molar-refractivity contribution is 0.0983. The van der Waals surface area contributed by atoms with Gasteiger partial charge >= 0.3 is 0 Å². The highest BCUT2D eigenvalue weighted by atomic mass is 79.9. The molecule has 1 aliphatic rings. The molecule has 0 bridgehead atoms. The van der Waals surface area contributed by atoms with Gasteiger partial charge in [0.15, 0.2) is 5.78 Å². The Balaban J connectivity index is 2.58. The minimum atomic E-state index is 0.245. The molecule has 0 amide bonds. The highest BCUT2D eigenvalue weighted by molar-refractivity contribution is 9.10. The second-order valence-electron chi connectivity index (χ2n) is 3.62. The van der Waals surface area contributed by atoms with Crippen LogP contribution in [0.1, 0.15) is 28.8 Å². The first-order valence-corrected chi connectivity index (χ1v) is 5.55. The molecule has 0 fully saturated rings. The number of anilines is 1. The van der Waals surface area contributed by atoms with Crippen molar-refractivity contribution in [3.63, 3.8) is 0 Å². The van der Waals surface area contributed by atoms with Crippen LogP contribution in [0.2, 0.25) is 0 Å². The quantitative estimate of drug-likeness (QED) is 0.770. The van der Waals surface area contributed by atoms with Gasteiger partial charge in [-0.1, -0.05) is 0 Å². The van der Waals surface area contributed by atoms with Crippen LogP contribution in [-0.4, -0.2) is 12.3 Å². The summed E-state index contributed by atoms with van der Waals surface area (Å²) >= 11 is 3.48. The fraction of sp³-hybridized carbons (Fsp3) is 0.364. The molecule has 0 radical (unpaired) electrons. The van der Waals surface area contributed by atoms with Crippen LogP contribution in [0.25, 0.3) is 0 Å². The minimum absolute atomic E-state index is 0.245. The summed E-state index contributed by atoms with van der Waals surface area (Å²) in [4.78, 5) is 11.7. The van der Waals surface area contributed by atoms with Crippen LogP contribution in [0.4, 0.5) is 5.69 Å². The molecule has 0 aromatic heterocycles. The van der Waals surface area contributed by atoms with Gasteiger partial charge in [0.25, 0.3) is 0 Å². The number of Topliss-reactive ketones (excluding diaryl/α,β-unsaturated/α-hetero) is 1. The minimum Gasteiger partial charge on any atom is -0.384 e. The maximum absolute atomic E-state index is 11.7. The third-order valence-corrected chi connectivity index (χ3v) is 3.04. The first kappa shape index (κ1) is 9.71. The molecule has 0 saturated carbocycles. The Morgan fingerprint density at radius 3 is 3.00 bits per heavy atom. The fourth-order valence-electron chi connectivity index (χ4n) is 1.74. The number of nitrogens with one attached hydrogen (secondary N) is 1. The summed E-state index contributed by atoms with van der Waals surface area (Å²) in [5, 5.41) is 3.28. The van der Waals surface area contributed by atoms with Crippen molar-refractivity contribution < 1.29 is 4.79 Å². The van der Waals surface area contributed by atoms with Gasteiger partial charge in [0, 0.05) is 23.0 Å². The molecule has 0 aliphatic carbocycles. The summed E-state index contributed by atoms with van der Waals surface area (Å²) in [6.45, 7) is 2.88. The number of aryl methyl sites for hydroxylation is 1. The molecule has 14 heavy (non-hydrogen) atoms. The summed E-state index contributed by atoms with van der Waals surface area (Å²) in [6.07, 6.45) is 1.56. The standard InChI is InChI=1S/C11H12BrNO/c1-7-5-8-10(14)3-2-4-13-11(8)9(12)6-7/h5-6,13H,2-4H2,1H3. The topological polar surface area (TPSA) is 29.1 Å². The molecule has 0 unspecified atom stereocenters. The maximum Gasteiger partial charge on any atom is 0.165 e. The molecule has 1 aliphatic heterocycles. The molecule has 1 aromatic rings. The van der Waals surface area contributed by atoms with Crippen molar-refractivity contribution in [3.8, 4) is 0 Å². The Kier molecular flexibility index (Phi) is 2.59. The van der Waals surface area contributed by atoms with Gasteiger partial charge in [0.1, 0.15) is 0 Å². The van der Waals surface area contributed by atoms with E-state index < -0.39 is 0 Å². The lowest BCUT2D eigenvalue weighted by atomic mass is 10.0. The van der Waals surface area contributed by atoms with Crippen molar-refractivity contribution in [2.75, 3.05) is 11.9 Å². The highest BCUT2D eigenvalue weighted by Crippen LogP contribution is 2.31. The summed E-state index contributed by atoms with van der Waals surface area (Å²) in [5.74, 6) is 0.245. The zero-order valence-electron chi connectivity index (χ0n) is 8.06. The number of halogens is 1. The van der Waals surface area contributed by atoms with Crippen LogP contribution >= 0.6 is 15.9 Å². The monoisotopic (exact) mass is 253 g/mol. The Labute approximate surface area is 91.8 Å². The SMILES string of the molecule is Cc1cc(Br)c2c(c1)C(=O)CCCN2. The molecular formula is C11H12BrNO. The van der Waals surface area contributed by atoms with E-state index in [-0.39, 0.29) is 5.78 Å². The van der Waals surface area contributed by atoms with Crippen molar-refractivity contribution in [2.24, 2.45) is 0 Å². The summed E-state index contributed by atoms with van der Waals surface area (Å²) in [7, 11) is 0. The number of fused-ring (bicyclic) bond motifs is 1. The molecule has 0 atom stereocenters. The van der Waals surface area contributed by atoms with E-state index in [9.17, 15) is 4.79 Å². The highest BCUT2D eigenvalue weighted by Gasteiger charge is 2.17. The molecule has 0 saturated heterocycles. The second kappa shape index (κ2) is 3.73. The van der Waals surface area contributed by atoms with E-state index in [4.69, 9.17) is 0 Å². The van der Waals surface area contributed by atoms with Crippen molar-refractivity contribution in [2.45, 2.75) is 19.8 Å². The van der Waals surface area contributed by atoms with E-state index in [1.165, 1.54) is 0 Å². The van der Waals surface area contributed by atoms with Crippen LogP contribution in [0, 0.1) is 6.92 Å². The van der Waals surface area contributed by atoms with Crippen molar-refractivity contribution in [1.29, 1.82) is 0 Å². The first-order chi connectivity index (χ1) is 6.68. The van der Waals surface area contributed by atoms with Crippen molar-refractivity contribution in [3.05, 3.63) is 27.7 Å². The van der Waals surface area contributed by atoms with Crippen LogP contribution in [0.3, 0.4) is 0 Å². The van der Waals surface area contributed by atoms with E-state index >= 15 is 0 Å². The zero-order valence-corrected chi connectivity index (χ0v) is 9.65. The molecule has 2 rings (SSSR count). The molecule has 0 spiro atoms. The van der Waals surface area contributed by atoms with E-state index in [2.05, 4.69) is 21.2 Å². The fourth-order valence-corrected chi connectivity index (χ4v) is 2.45. The summed E-state index contributed by atoms with van der Waals surface area (Å²) < 4.78 is 0.989. The van der Waals surface area contributed by atoms with Gasteiger partial charge in [-0.05, 0) is 47.0 Å². The number of carbonyl (C=O) groups excluding carboxylic acids is 1. The largest absolute Gasteiger partial charge is 0.384 e. The van der Waals surface area contributed by atoms with Crippen LogP contribution in [-0.2, 0) is 0 Å². The van der Waals surface area contributed by atoms with Crippen LogP contribution < -0.4 is 5.32 Å². The first-order valence-electron chi connectivity index (χ1n) is 4.75. The Morgan fingerprint density at radius 1 is 1.43 bits per heavy atom. The predicted molar refractivity (Wildman–Crippen MR) is 60.9 cm³/mol. The van der Waals surface area contributed by atoms with Gasteiger partial charge in [-0.25, -0.2) is 0 Å². The normalized spacial score (nSPS) is 15.7. The number of ketones is 1. The molecule has 2 nitrogen and oxygen atoms in total. The zero-order chi connectivity index (χ0) is 10.1. The van der Waals surface area contributed by atoms with E-state index in [0.717, 1.165) is 34.3 Å². The average molecular weight is 254 g/mol. The Hall–Kier alpha value is -0.830. The predicted octanol–water partition coefficient (Wildman–Crippen LogP) is 3.15. The van der Waals surface area contributed by atoms with Crippen molar-refractivity contribution in [1.82, 2.24) is 0 Å². The smallest absolute Gasteiger partial charge is 0.165 e. The molecular weight excluding hydrogens is 242 g/mol. The van der Waals surface area contributed by atoms with E-state index in [0.29, 0.717) is 6.42 Å². The van der Waals surface area contributed by atoms with Crippen LogP contribution in [0.5, 0.6) is 0 Å². The summed E-state index contributed by atoms with van der Waals surface area (Å²) in [5.41, 5.74) is 2.90. The van der Waals surface area contributed by atoms with E-state index in [1.54, 1.807) is 0 Å². The lowest BCUT2D eigenvalue weighted by Gasteiger charge is -2.10. The number of rotatable bonds is 0. The van der Waals surface area contributed by atoms with Gasteiger partial charge in [0.2, 0.25) is 0 Å². The van der Waals surface area contributed by atoms with Crippen molar-refractivity contribution >= 4 is 27.4 Å². The number of hydrogen-bond donors (Lipinski definition) is 1. The second-order valence-corrected chi connectivity index (χ2v) is 4.48. The third kappa shape index (κ3) is 1.69. The van der Waals surface area contributed by atoms with Gasteiger partial charge < -0.3 is 5.32 Å². The third-order valence-electron chi connectivity index (χ3n) is 2.42. The van der Waals surface area contributed by atoms with E-state index in [1.807, 2.05) is 19.1 Å². The molecule has 74 valence electrons. The Morgan fingerprint density at radius 2 is 2.21 bits per heavy atom. The van der Waals surface area contributed by atoms with Gasteiger partial charge in [-0.3, -0.25) is 4.79 Å². The van der Waals surface area contributed by atoms with Gasteiger partial charge in [0.05, 0.1) is 5.69 Å². The number of carbonyl (C=O) groups is 1. The average Bonchev–Trinajstić information content (AvgIpc) is 2.29. The molecule has 1 heterocycles. The lowest BCUT2D eigenvalue weighted by Crippen LogP contribution is -2.02.